The van der Waals surface area contributed by atoms with Gasteiger partial charge in [0.15, 0.2) is 5.82 Å². The molecule has 0 radical (unpaired) electrons. The van der Waals surface area contributed by atoms with E-state index < -0.39 is 11.8 Å². The van der Waals surface area contributed by atoms with Crippen molar-refractivity contribution in [3.8, 4) is 5.69 Å². The summed E-state index contributed by atoms with van der Waals surface area (Å²) < 4.78 is 15.7. The Morgan fingerprint density at radius 1 is 1.17 bits per heavy atom. The van der Waals surface area contributed by atoms with E-state index in [0.717, 1.165) is 18.4 Å². The Morgan fingerprint density at radius 3 is 2.62 bits per heavy atom. The third kappa shape index (κ3) is 4.29. The maximum atomic E-state index is 14.3. The van der Waals surface area contributed by atoms with Crippen molar-refractivity contribution >= 4 is 17.6 Å². The number of carboxylic acid groups (broad SMARTS) is 1. The number of nitrogens with one attached hydrogen (secondary N) is 1. The number of carboxylic acids is 1. The lowest BCUT2D eigenvalue weighted by molar-refractivity contribution is -0.116. The summed E-state index contributed by atoms with van der Waals surface area (Å²) >= 11 is 0. The second-order valence-electron chi connectivity index (χ2n) is 6.94. The van der Waals surface area contributed by atoms with E-state index in [1.807, 2.05) is 0 Å². The number of anilines is 1. The maximum absolute atomic E-state index is 14.3. The van der Waals surface area contributed by atoms with Crippen LogP contribution in [0, 0.1) is 5.82 Å². The zero-order valence-corrected chi connectivity index (χ0v) is 15.4. The number of aromatic nitrogens is 4. The fourth-order valence-electron chi connectivity index (χ4n) is 3.01. The van der Waals surface area contributed by atoms with Crippen molar-refractivity contribution < 1.29 is 19.1 Å². The average Bonchev–Trinajstić information content (AvgIpc) is 3.45. The number of hydrogen-bond donors (Lipinski definition) is 2. The molecule has 2 aromatic carbocycles. The second kappa shape index (κ2) is 7.78. The minimum absolute atomic E-state index is 0.193. The quantitative estimate of drug-likeness (QED) is 0.636. The number of benzene rings is 2. The number of aromatic carboxylic acids is 1. The molecular formula is C20H18FN5O3. The monoisotopic (exact) mass is 395 g/mol. The van der Waals surface area contributed by atoms with E-state index in [2.05, 4.69) is 20.8 Å². The first kappa shape index (κ1) is 18.7. The molecule has 4 rings (SSSR count). The Labute approximate surface area is 165 Å². The van der Waals surface area contributed by atoms with Crippen LogP contribution in [0.2, 0.25) is 0 Å². The molecule has 1 saturated carbocycles. The van der Waals surface area contributed by atoms with Crippen LogP contribution < -0.4 is 5.32 Å². The summed E-state index contributed by atoms with van der Waals surface area (Å²) in [6.45, 7) is 0. The predicted octanol–water partition coefficient (Wildman–Crippen LogP) is 2.95. The highest BCUT2D eigenvalue weighted by Crippen LogP contribution is 2.39. The van der Waals surface area contributed by atoms with Crippen LogP contribution in [0.25, 0.3) is 5.69 Å². The molecule has 0 unspecified atom stereocenters. The molecule has 1 aliphatic carbocycles. The zero-order chi connectivity index (χ0) is 20.4. The smallest absolute Gasteiger partial charge is 0.335 e. The molecule has 29 heavy (non-hydrogen) atoms. The van der Waals surface area contributed by atoms with Gasteiger partial charge in [-0.3, -0.25) is 4.79 Å². The standard InChI is InChI=1S/C20H18FN5O3/c21-16-9-8-15(11-17(16)26-19(13-6-7-13)23-24-25-26)22-18(27)10-3-12-1-4-14(5-2-12)20(28)29/h1-2,4-5,8-9,11,13H,3,6-7,10H2,(H,22,27)(H,28,29). The van der Waals surface area contributed by atoms with Gasteiger partial charge in [-0.25, -0.2) is 9.18 Å². The summed E-state index contributed by atoms with van der Waals surface area (Å²) in [7, 11) is 0. The van der Waals surface area contributed by atoms with Gasteiger partial charge in [-0.15, -0.1) is 5.10 Å². The Hall–Kier alpha value is -3.62. The van der Waals surface area contributed by atoms with E-state index in [1.165, 1.54) is 35.0 Å². The van der Waals surface area contributed by atoms with Crippen LogP contribution in [0.15, 0.2) is 42.5 Å². The van der Waals surface area contributed by atoms with E-state index in [9.17, 15) is 14.0 Å². The van der Waals surface area contributed by atoms with Crippen molar-refractivity contribution in [2.75, 3.05) is 5.32 Å². The van der Waals surface area contributed by atoms with Gasteiger partial charge in [-0.2, -0.15) is 4.68 Å². The minimum atomic E-state index is -0.992. The molecule has 0 aliphatic heterocycles. The van der Waals surface area contributed by atoms with Crippen LogP contribution in [0.5, 0.6) is 0 Å². The number of carbonyl (C=O) groups excluding carboxylic acids is 1. The van der Waals surface area contributed by atoms with Gasteiger partial charge in [0.25, 0.3) is 0 Å². The molecule has 8 nitrogen and oxygen atoms in total. The van der Waals surface area contributed by atoms with Crippen molar-refractivity contribution in [2.24, 2.45) is 0 Å². The van der Waals surface area contributed by atoms with Gasteiger partial charge in [-0.05, 0) is 65.6 Å². The molecule has 9 heteroatoms. The fourth-order valence-corrected chi connectivity index (χ4v) is 3.01. The van der Waals surface area contributed by atoms with Crippen LogP contribution in [0.3, 0.4) is 0 Å². The van der Waals surface area contributed by atoms with Gasteiger partial charge >= 0.3 is 5.97 Å². The van der Waals surface area contributed by atoms with Gasteiger partial charge in [0.1, 0.15) is 11.5 Å². The predicted molar refractivity (Wildman–Crippen MR) is 101 cm³/mol. The number of tetrazole rings is 1. The molecule has 2 N–H and O–H groups in total. The second-order valence-corrected chi connectivity index (χ2v) is 6.94. The Bertz CT molecular complexity index is 1060. The van der Waals surface area contributed by atoms with Gasteiger partial charge in [-0.1, -0.05) is 12.1 Å². The summed E-state index contributed by atoms with van der Waals surface area (Å²) in [5.74, 6) is -0.833. The molecule has 1 amide bonds. The maximum Gasteiger partial charge on any atom is 0.335 e. The molecule has 148 valence electrons. The number of rotatable bonds is 7. The highest BCUT2D eigenvalue weighted by atomic mass is 19.1. The highest BCUT2D eigenvalue weighted by molar-refractivity contribution is 5.91. The third-order valence-corrected chi connectivity index (χ3v) is 4.74. The van der Waals surface area contributed by atoms with Gasteiger partial charge in [0.05, 0.1) is 5.56 Å². The number of hydrogen-bond acceptors (Lipinski definition) is 5. The minimum Gasteiger partial charge on any atom is -0.478 e. The lowest BCUT2D eigenvalue weighted by Crippen LogP contribution is -2.13. The fraction of sp³-hybridized carbons (Fsp3) is 0.250. The van der Waals surface area contributed by atoms with Gasteiger partial charge < -0.3 is 10.4 Å². The van der Waals surface area contributed by atoms with E-state index >= 15 is 0 Å². The molecule has 0 spiro atoms. The van der Waals surface area contributed by atoms with E-state index in [1.54, 1.807) is 12.1 Å². The molecule has 1 fully saturated rings. The van der Waals surface area contributed by atoms with E-state index in [0.29, 0.717) is 17.9 Å². The van der Waals surface area contributed by atoms with E-state index in [4.69, 9.17) is 5.11 Å². The first-order valence-electron chi connectivity index (χ1n) is 9.21. The first-order valence-corrected chi connectivity index (χ1v) is 9.21. The van der Waals surface area contributed by atoms with Crippen molar-refractivity contribution in [2.45, 2.75) is 31.6 Å². The average molecular weight is 395 g/mol. The zero-order valence-electron chi connectivity index (χ0n) is 15.4. The van der Waals surface area contributed by atoms with Crippen LogP contribution in [-0.4, -0.2) is 37.2 Å². The molecule has 1 aromatic heterocycles. The normalized spacial score (nSPS) is 13.3. The Morgan fingerprint density at radius 2 is 1.93 bits per heavy atom. The van der Waals surface area contributed by atoms with Crippen LogP contribution in [0.1, 0.15) is 46.9 Å². The summed E-state index contributed by atoms with van der Waals surface area (Å²) in [5.41, 5.74) is 1.70. The lowest BCUT2D eigenvalue weighted by Gasteiger charge is -2.10. The van der Waals surface area contributed by atoms with Crippen LogP contribution in [-0.2, 0) is 11.2 Å². The number of halogens is 1. The molecular weight excluding hydrogens is 377 g/mol. The lowest BCUT2D eigenvalue weighted by atomic mass is 10.1. The number of aryl methyl sites for hydroxylation is 1. The Balaban J connectivity index is 1.42. The van der Waals surface area contributed by atoms with Gasteiger partial charge in [0.2, 0.25) is 5.91 Å². The summed E-state index contributed by atoms with van der Waals surface area (Å²) in [4.78, 5) is 23.2. The van der Waals surface area contributed by atoms with E-state index in [-0.39, 0.29) is 29.5 Å². The van der Waals surface area contributed by atoms with Crippen molar-refractivity contribution in [3.63, 3.8) is 0 Å². The molecule has 0 saturated heterocycles. The number of carbonyl (C=O) groups is 2. The molecule has 0 atom stereocenters. The molecule has 1 aliphatic rings. The summed E-state index contributed by atoms with van der Waals surface area (Å²) in [6.07, 6.45) is 2.62. The summed E-state index contributed by atoms with van der Waals surface area (Å²) in [5, 5.41) is 23.2. The Kier molecular flexibility index (Phi) is 5.03. The largest absolute Gasteiger partial charge is 0.478 e. The van der Waals surface area contributed by atoms with Crippen LogP contribution in [0.4, 0.5) is 10.1 Å². The molecule has 3 aromatic rings. The van der Waals surface area contributed by atoms with Crippen molar-refractivity contribution in [1.29, 1.82) is 0 Å². The van der Waals surface area contributed by atoms with Crippen LogP contribution >= 0.6 is 0 Å². The van der Waals surface area contributed by atoms with Gasteiger partial charge in [0, 0.05) is 18.0 Å². The highest BCUT2D eigenvalue weighted by Gasteiger charge is 2.30. The van der Waals surface area contributed by atoms with Crippen molar-refractivity contribution in [3.05, 3.63) is 65.2 Å². The molecule has 0 bridgehead atoms. The SMILES string of the molecule is O=C(CCc1ccc(C(=O)O)cc1)Nc1ccc(F)c(-n2nnnc2C2CC2)c1. The summed E-state index contributed by atoms with van der Waals surface area (Å²) in [6, 6.07) is 10.6. The van der Waals surface area contributed by atoms with Crippen molar-refractivity contribution in [1.82, 2.24) is 20.2 Å². The number of amides is 1. The number of nitrogens with zero attached hydrogens (tertiary/aromatic N) is 4. The third-order valence-electron chi connectivity index (χ3n) is 4.74. The topological polar surface area (TPSA) is 110 Å². The first-order chi connectivity index (χ1) is 14.0. The molecule has 1 heterocycles.